The zero-order chi connectivity index (χ0) is 13.3. The largest absolute Gasteiger partial charge is 0.416 e. The van der Waals surface area contributed by atoms with E-state index in [4.69, 9.17) is 5.73 Å². The van der Waals surface area contributed by atoms with Crippen LogP contribution in [0.4, 0.5) is 19.0 Å². The van der Waals surface area contributed by atoms with Gasteiger partial charge >= 0.3 is 6.18 Å². The van der Waals surface area contributed by atoms with E-state index in [-0.39, 0.29) is 5.82 Å². The predicted octanol–water partition coefficient (Wildman–Crippen LogP) is 3.05. The number of aromatic nitrogens is 2. The molecule has 2 rings (SSSR count). The van der Waals surface area contributed by atoms with Gasteiger partial charge in [-0.3, -0.25) is 4.98 Å². The molecule has 0 radical (unpaired) electrons. The van der Waals surface area contributed by atoms with E-state index in [9.17, 15) is 13.2 Å². The van der Waals surface area contributed by atoms with Gasteiger partial charge in [0.25, 0.3) is 0 Å². The van der Waals surface area contributed by atoms with Gasteiger partial charge in [-0.2, -0.15) is 13.2 Å². The summed E-state index contributed by atoms with van der Waals surface area (Å²) in [6, 6.07) is 3.48. The van der Waals surface area contributed by atoms with Crippen LogP contribution in [0.2, 0.25) is 0 Å². The third-order valence-corrected chi connectivity index (χ3v) is 2.48. The van der Waals surface area contributed by atoms with E-state index in [0.717, 1.165) is 12.1 Å². The zero-order valence-electron chi connectivity index (χ0n) is 9.49. The number of nitrogen functional groups attached to an aromatic ring is 1. The fourth-order valence-electron chi connectivity index (χ4n) is 1.64. The summed E-state index contributed by atoms with van der Waals surface area (Å²) >= 11 is 0. The highest BCUT2D eigenvalue weighted by Gasteiger charge is 2.30. The SMILES string of the molecule is Cc1cc(C(F)(F)F)ccc1-c1cncc(N)n1. The van der Waals surface area contributed by atoms with Gasteiger partial charge in [-0.15, -0.1) is 0 Å². The average molecular weight is 253 g/mol. The molecule has 0 spiro atoms. The molecule has 0 saturated heterocycles. The molecular formula is C12H10F3N3. The minimum absolute atomic E-state index is 0.229. The molecule has 0 aliphatic carbocycles. The summed E-state index contributed by atoms with van der Waals surface area (Å²) in [6.45, 7) is 1.59. The monoisotopic (exact) mass is 253 g/mol. The fraction of sp³-hybridized carbons (Fsp3) is 0.167. The molecule has 1 aromatic carbocycles. The summed E-state index contributed by atoms with van der Waals surface area (Å²) in [5.74, 6) is 0.229. The second-order valence-corrected chi connectivity index (χ2v) is 3.86. The lowest BCUT2D eigenvalue weighted by Crippen LogP contribution is -2.05. The Bertz CT molecular complexity index is 579. The van der Waals surface area contributed by atoms with Gasteiger partial charge in [-0.1, -0.05) is 6.07 Å². The van der Waals surface area contributed by atoms with Crippen molar-refractivity contribution in [3.05, 3.63) is 41.7 Å². The molecule has 0 amide bonds. The lowest BCUT2D eigenvalue weighted by molar-refractivity contribution is -0.137. The molecular weight excluding hydrogens is 243 g/mol. The van der Waals surface area contributed by atoms with Gasteiger partial charge in [-0.25, -0.2) is 4.98 Å². The van der Waals surface area contributed by atoms with E-state index in [1.54, 1.807) is 6.92 Å². The zero-order valence-corrected chi connectivity index (χ0v) is 9.49. The van der Waals surface area contributed by atoms with Gasteiger partial charge in [0, 0.05) is 5.56 Å². The molecule has 0 bridgehead atoms. The molecule has 0 unspecified atom stereocenters. The smallest absolute Gasteiger partial charge is 0.382 e. The highest BCUT2D eigenvalue weighted by molar-refractivity contribution is 5.64. The molecule has 2 aromatic rings. The van der Waals surface area contributed by atoms with E-state index in [1.807, 2.05) is 0 Å². The second-order valence-electron chi connectivity index (χ2n) is 3.86. The Hall–Kier alpha value is -2.11. The van der Waals surface area contributed by atoms with Crippen LogP contribution in [0.15, 0.2) is 30.6 Å². The van der Waals surface area contributed by atoms with Crippen LogP contribution in [0.5, 0.6) is 0 Å². The maximum atomic E-state index is 12.5. The Morgan fingerprint density at radius 3 is 2.44 bits per heavy atom. The number of benzene rings is 1. The summed E-state index contributed by atoms with van der Waals surface area (Å²) < 4.78 is 37.6. The summed E-state index contributed by atoms with van der Waals surface area (Å²) in [7, 11) is 0. The average Bonchev–Trinajstić information content (AvgIpc) is 2.27. The van der Waals surface area contributed by atoms with Crippen LogP contribution >= 0.6 is 0 Å². The van der Waals surface area contributed by atoms with Crippen LogP contribution in [0.3, 0.4) is 0 Å². The predicted molar refractivity (Wildman–Crippen MR) is 61.6 cm³/mol. The Kier molecular flexibility index (Phi) is 2.94. The lowest BCUT2D eigenvalue weighted by atomic mass is 10.0. The molecule has 1 aromatic heterocycles. The number of nitrogens with two attached hydrogens (primary N) is 1. The normalized spacial score (nSPS) is 11.6. The maximum absolute atomic E-state index is 12.5. The first-order chi connectivity index (χ1) is 8.38. The van der Waals surface area contributed by atoms with Crippen LogP contribution in [0.25, 0.3) is 11.3 Å². The van der Waals surface area contributed by atoms with Crippen molar-refractivity contribution in [1.82, 2.24) is 9.97 Å². The Morgan fingerprint density at radius 2 is 1.89 bits per heavy atom. The molecule has 0 fully saturated rings. The standard InChI is InChI=1S/C12H10F3N3/c1-7-4-8(12(13,14)15)2-3-9(7)10-5-17-6-11(16)18-10/h2-6H,1H3,(H2,16,18). The first-order valence-corrected chi connectivity index (χ1v) is 5.13. The van der Waals surface area contributed by atoms with Crippen molar-refractivity contribution < 1.29 is 13.2 Å². The molecule has 18 heavy (non-hydrogen) atoms. The Morgan fingerprint density at radius 1 is 1.17 bits per heavy atom. The van der Waals surface area contributed by atoms with E-state index >= 15 is 0 Å². The highest BCUT2D eigenvalue weighted by atomic mass is 19.4. The number of aryl methyl sites for hydroxylation is 1. The molecule has 94 valence electrons. The first-order valence-electron chi connectivity index (χ1n) is 5.13. The lowest BCUT2D eigenvalue weighted by Gasteiger charge is -2.10. The highest BCUT2D eigenvalue weighted by Crippen LogP contribution is 2.32. The summed E-state index contributed by atoms with van der Waals surface area (Å²) in [4.78, 5) is 7.89. The van der Waals surface area contributed by atoms with Crippen molar-refractivity contribution in [3.63, 3.8) is 0 Å². The van der Waals surface area contributed by atoms with Crippen molar-refractivity contribution >= 4 is 5.82 Å². The minimum atomic E-state index is -4.34. The number of nitrogens with zero attached hydrogens (tertiary/aromatic N) is 2. The fourth-order valence-corrected chi connectivity index (χ4v) is 1.64. The minimum Gasteiger partial charge on any atom is -0.382 e. The van der Waals surface area contributed by atoms with Gasteiger partial charge in [0.1, 0.15) is 5.82 Å². The van der Waals surface area contributed by atoms with Gasteiger partial charge in [0.15, 0.2) is 0 Å². The van der Waals surface area contributed by atoms with Gasteiger partial charge in [-0.05, 0) is 24.6 Å². The number of rotatable bonds is 1. The third kappa shape index (κ3) is 2.42. The van der Waals surface area contributed by atoms with Crippen LogP contribution in [0, 0.1) is 6.92 Å². The molecule has 0 aliphatic heterocycles. The van der Waals surface area contributed by atoms with E-state index in [0.29, 0.717) is 16.8 Å². The summed E-state index contributed by atoms with van der Waals surface area (Å²) in [6.07, 6.45) is -1.50. The van der Waals surface area contributed by atoms with Crippen molar-refractivity contribution in [1.29, 1.82) is 0 Å². The van der Waals surface area contributed by atoms with Crippen LogP contribution in [-0.2, 0) is 6.18 Å². The van der Waals surface area contributed by atoms with Gasteiger partial charge in [0.05, 0.1) is 23.7 Å². The van der Waals surface area contributed by atoms with Crippen LogP contribution in [-0.4, -0.2) is 9.97 Å². The summed E-state index contributed by atoms with van der Waals surface area (Å²) in [5, 5.41) is 0. The van der Waals surface area contributed by atoms with E-state index in [2.05, 4.69) is 9.97 Å². The van der Waals surface area contributed by atoms with Crippen molar-refractivity contribution in [2.45, 2.75) is 13.1 Å². The Balaban J connectivity index is 2.48. The topological polar surface area (TPSA) is 51.8 Å². The molecule has 2 N–H and O–H groups in total. The number of anilines is 1. The molecule has 1 heterocycles. The number of halogens is 3. The molecule has 0 atom stereocenters. The molecule has 0 saturated carbocycles. The van der Waals surface area contributed by atoms with Gasteiger partial charge in [0.2, 0.25) is 0 Å². The number of hydrogen-bond acceptors (Lipinski definition) is 3. The second kappa shape index (κ2) is 4.29. The van der Waals surface area contributed by atoms with Crippen molar-refractivity contribution in [2.24, 2.45) is 0 Å². The van der Waals surface area contributed by atoms with Crippen molar-refractivity contribution in [3.8, 4) is 11.3 Å². The first kappa shape index (κ1) is 12.3. The van der Waals surface area contributed by atoms with E-state index < -0.39 is 11.7 Å². The van der Waals surface area contributed by atoms with E-state index in [1.165, 1.54) is 18.5 Å². The van der Waals surface area contributed by atoms with Gasteiger partial charge < -0.3 is 5.73 Å². The number of hydrogen-bond donors (Lipinski definition) is 1. The number of alkyl halides is 3. The molecule has 3 nitrogen and oxygen atoms in total. The summed E-state index contributed by atoms with van der Waals surface area (Å²) in [5.41, 5.74) is 6.33. The van der Waals surface area contributed by atoms with Crippen LogP contribution < -0.4 is 5.73 Å². The maximum Gasteiger partial charge on any atom is 0.416 e. The van der Waals surface area contributed by atoms with Crippen LogP contribution in [0.1, 0.15) is 11.1 Å². The van der Waals surface area contributed by atoms with Crippen molar-refractivity contribution in [2.75, 3.05) is 5.73 Å². The third-order valence-electron chi connectivity index (χ3n) is 2.48. The molecule has 0 aliphatic rings. The quantitative estimate of drug-likeness (QED) is 0.849. The molecule has 6 heteroatoms. The Labute approximate surface area is 101 Å².